The van der Waals surface area contributed by atoms with E-state index in [0.29, 0.717) is 18.5 Å². The SMILES string of the molecule is CC1(C)O[C@@H]2C[C@H]3[C@@H]4C[C@H](F)C5=CC(=O)C=C[C@]5(C)[C@@]4(F)[C@@H](O)C[C@]3(C)[C@]2(C(=O)COC(=O)C2CC2C(=O)OCc2ccc(C(CCN)C(=O)Cc3ccc4cnccc4c3)cc2)O1. The van der Waals surface area contributed by atoms with Crippen molar-refractivity contribution in [3.8, 4) is 0 Å². The summed E-state index contributed by atoms with van der Waals surface area (Å²) < 4.78 is 57.7. The van der Waals surface area contributed by atoms with E-state index in [-0.39, 0.29) is 50.1 Å². The third-order valence-electron chi connectivity index (χ3n) is 15.5. The van der Waals surface area contributed by atoms with Crippen LogP contribution in [0.15, 0.2) is 84.7 Å². The lowest BCUT2D eigenvalue weighted by Gasteiger charge is -2.63. The Morgan fingerprint density at radius 2 is 1.66 bits per heavy atom. The summed E-state index contributed by atoms with van der Waals surface area (Å²) in [5.74, 6) is -7.40. The molecule has 12 nitrogen and oxygen atoms in total. The molecule has 5 fully saturated rings. The van der Waals surface area contributed by atoms with E-state index in [2.05, 4.69) is 4.98 Å². The van der Waals surface area contributed by atoms with E-state index in [1.807, 2.05) is 36.4 Å². The Kier molecular flexibility index (Phi) is 10.9. The molecule has 0 bridgehead atoms. The van der Waals surface area contributed by atoms with Crippen LogP contribution in [0.3, 0.4) is 0 Å². The molecule has 1 aliphatic heterocycles. The van der Waals surface area contributed by atoms with Gasteiger partial charge in [0, 0.05) is 46.9 Å². The lowest BCUT2D eigenvalue weighted by Crippen LogP contribution is -2.71. The smallest absolute Gasteiger partial charge is 0.310 e. The number of rotatable bonds is 13. The molecule has 9 rings (SSSR count). The van der Waals surface area contributed by atoms with E-state index in [0.717, 1.165) is 28.0 Å². The standard InChI is InChI=1S/C50H54F2N2O10/c1-46(2)63-43-22-36-37-21-39(51)38-19-32(55)11-14-47(38,3)49(37,52)41(57)23-48(36,4)50(43,64-46)42(58)26-62-45(60)35-20-34(35)44(59)61-25-27-5-8-29(9-6-27)33(12-15-53)40(56)18-28-7-10-31-24-54-16-13-30(31)17-28/h5-11,13-14,16-17,19,24,33-37,39,41,43,57H,12,15,18,20-23,25-26,53H2,1-4H3/t33?,34?,35?,36-,37-,39-,41-,43+,47-,48-,49-,50+/m0/s1. The van der Waals surface area contributed by atoms with Gasteiger partial charge in [0.2, 0.25) is 5.78 Å². The maximum atomic E-state index is 17.8. The number of alkyl halides is 2. The molecule has 2 heterocycles. The van der Waals surface area contributed by atoms with Crippen LogP contribution in [0.25, 0.3) is 10.8 Å². The first-order chi connectivity index (χ1) is 30.3. The van der Waals surface area contributed by atoms with Crippen LogP contribution in [-0.4, -0.2) is 88.0 Å². The minimum absolute atomic E-state index is 0.00375. The Morgan fingerprint density at radius 3 is 2.39 bits per heavy atom. The molecular weight excluding hydrogens is 827 g/mol. The number of esters is 2. The molecule has 0 amide bonds. The fourth-order valence-electron chi connectivity index (χ4n) is 12.2. The number of benzene rings is 2. The Balaban J connectivity index is 0.816. The molecule has 338 valence electrons. The van der Waals surface area contributed by atoms with Crippen LogP contribution in [0, 0.1) is 34.5 Å². The summed E-state index contributed by atoms with van der Waals surface area (Å²) in [5, 5.41) is 13.8. The van der Waals surface area contributed by atoms with Gasteiger partial charge in [0.25, 0.3) is 0 Å². The van der Waals surface area contributed by atoms with Gasteiger partial charge in [-0.05, 0) is 111 Å². The molecule has 64 heavy (non-hydrogen) atoms. The Labute approximate surface area is 369 Å². The number of pyridine rings is 1. The van der Waals surface area contributed by atoms with Gasteiger partial charge in [-0.15, -0.1) is 0 Å². The van der Waals surface area contributed by atoms with Crippen LogP contribution in [-0.2, 0) is 55.9 Å². The van der Waals surface area contributed by atoms with Gasteiger partial charge in [-0.25, -0.2) is 8.78 Å². The first-order valence-corrected chi connectivity index (χ1v) is 22.2. The zero-order valence-corrected chi connectivity index (χ0v) is 36.4. The highest BCUT2D eigenvalue weighted by Crippen LogP contribution is 2.72. The number of hydrogen-bond acceptors (Lipinski definition) is 12. The first-order valence-electron chi connectivity index (χ1n) is 22.2. The van der Waals surface area contributed by atoms with Gasteiger partial charge in [-0.1, -0.05) is 55.5 Å². The Bertz CT molecular complexity index is 2490. The first kappa shape index (κ1) is 44.2. The average molecular weight is 881 g/mol. The van der Waals surface area contributed by atoms with Gasteiger partial charge < -0.3 is 29.8 Å². The summed E-state index contributed by atoms with van der Waals surface area (Å²) in [5.41, 5.74) is 1.30. The summed E-state index contributed by atoms with van der Waals surface area (Å²) in [6.45, 7) is 6.07. The summed E-state index contributed by atoms with van der Waals surface area (Å²) in [6, 6.07) is 15.0. The highest BCUT2D eigenvalue weighted by atomic mass is 19.1. The van der Waals surface area contributed by atoms with E-state index in [4.69, 9.17) is 24.7 Å². The zero-order valence-electron chi connectivity index (χ0n) is 36.4. The quantitative estimate of drug-likeness (QED) is 0.189. The highest BCUT2D eigenvalue weighted by Gasteiger charge is 2.80. The maximum Gasteiger partial charge on any atom is 0.310 e. The van der Waals surface area contributed by atoms with Crippen molar-refractivity contribution in [3.05, 3.63) is 101 Å². The van der Waals surface area contributed by atoms with Gasteiger partial charge in [-0.2, -0.15) is 0 Å². The number of nitrogens with zero attached hydrogens (tertiary/aromatic N) is 1. The number of ether oxygens (including phenoxy) is 4. The van der Waals surface area contributed by atoms with Gasteiger partial charge in [0.05, 0.1) is 24.0 Å². The highest BCUT2D eigenvalue weighted by molar-refractivity contribution is 6.01. The normalized spacial score (nSPS) is 35.9. The van der Waals surface area contributed by atoms with Crippen molar-refractivity contribution in [2.24, 2.45) is 40.2 Å². The van der Waals surface area contributed by atoms with Gasteiger partial charge in [0.15, 0.2) is 29.4 Å². The monoisotopic (exact) mass is 880 g/mol. The third-order valence-corrected chi connectivity index (χ3v) is 15.5. The number of fused-ring (bicyclic) bond motifs is 8. The number of Topliss-reactive ketones (excluding diaryl/α,β-unsaturated/α-hetero) is 2. The van der Waals surface area contributed by atoms with Crippen molar-refractivity contribution in [2.45, 2.75) is 114 Å². The van der Waals surface area contributed by atoms with Gasteiger partial charge in [0.1, 0.15) is 18.6 Å². The number of ketones is 3. The third kappa shape index (κ3) is 6.98. The fraction of sp³-hybridized carbons (Fsp3) is 0.520. The fourth-order valence-corrected chi connectivity index (χ4v) is 12.2. The average Bonchev–Trinajstić information content (AvgIpc) is 3.97. The van der Waals surface area contributed by atoms with Crippen molar-refractivity contribution < 1.29 is 56.8 Å². The lowest BCUT2D eigenvalue weighted by molar-refractivity contribution is -0.249. The van der Waals surface area contributed by atoms with Crippen molar-refractivity contribution in [3.63, 3.8) is 0 Å². The van der Waals surface area contributed by atoms with E-state index >= 15 is 8.78 Å². The van der Waals surface area contributed by atoms with Gasteiger partial charge >= 0.3 is 11.9 Å². The van der Waals surface area contributed by atoms with Crippen molar-refractivity contribution >= 4 is 40.1 Å². The van der Waals surface area contributed by atoms with Crippen LogP contribution >= 0.6 is 0 Å². The van der Waals surface area contributed by atoms with Crippen LogP contribution in [0.5, 0.6) is 0 Å². The van der Waals surface area contributed by atoms with Crippen LogP contribution < -0.4 is 5.73 Å². The number of halogens is 2. The number of carbonyl (C=O) groups is 5. The summed E-state index contributed by atoms with van der Waals surface area (Å²) in [4.78, 5) is 70.8. The minimum atomic E-state index is -2.36. The molecule has 4 saturated carbocycles. The van der Waals surface area contributed by atoms with Crippen LogP contribution in [0.1, 0.15) is 82.4 Å². The molecule has 2 aromatic carbocycles. The van der Waals surface area contributed by atoms with E-state index < -0.39 is 106 Å². The van der Waals surface area contributed by atoms with E-state index in [1.54, 1.807) is 45.3 Å². The molecule has 3 N–H and O–H groups in total. The Hall–Kier alpha value is -5.02. The predicted octanol–water partition coefficient (Wildman–Crippen LogP) is 6.09. The molecule has 3 aromatic rings. The second-order valence-electron chi connectivity index (χ2n) is 19.6. The lowest BCUT2D eigenvalue weighted by atomic mass is 9.44. The summed E-state index contributed by atoms with van der Waals surface area (Å²) >= 11 is 0. The number of hydrogen-bond donors (Lipinski definition) is 2. The van der Waals surface area contributed by atoms with Crippen LogP contribution in [0.2, 0.25) is 0 Å². The topological polar surface area (TPSA) is 181 Å². The molecule has 6 aliphatic rings. The second-order valence-corrected chi connectivity index (χ2v) is 19.6. The van der Waals surface area contributed by atoms with E-state index in [1.165, 1.54) is 19.1 Å². The van der Waals surface area contributed by atoms with Gasteiger partial charge in [-0.3, -0.25) is 29.0 Å². The minimum Gasteiger partial charge on any atom is -0.461 e. The number of carbonyl (C=O) groups excluding carboxylic acids is 5. The number of aliphatic hydroxyl groups excluding tert-OH is 1. The molecule has 14 heteroatoms. The molecule has 0 spiro atoms. The molecular formula is C50H54F2N2O10. The van der Waals surface area contributed by atoms with Crippen molar-refractivity contribution in [1.82, 2.24) is 4.98 Å². The predicted molar refractivity (Wildman–Crippen MR) is 227 cm³/mol. The molecule has 0 radical (unpaired) electrons. The number of aliphatic hydroxyl groups is 1. The van der Waals surface area contributed by atoms with Crippen LogP contribution in [0.4, 0.5) is 8.78 Å². The molecule has 1 aromatic heterocycles. The summed E-state index contributed by atoms with van der Waals surface area (Å²) in [7, 11) is 0. The summed E-state index contributed by atoms with van der Waals surface area (Å²) in [6.07, 6.45) is 3.42. The second kappa shape index (κ2) is 15.9. The van der Waals surface area contributed by atoms with Crippen molar-refractivity contribution in [1.29, 1.82) is 0 Å². The zero-order chi connectivity index (χ0) is 45.6. The number of aromatic nitrogens is 1. The number of nitrogens with two attached hydrogens (primary N) is 1. The Morgan fingerprint density at radius 1 is 0.938 bits per heavy atom. The maximum absolute atomic E-state index is 17.8. The molecule has 5 aliphatic carbocycles. The van der Waals surface area contributed by atoms with Crippen molar-refractivity contribution in [2.75, 3.05) is 13.2 Å². The number of allylic oxidation sites excluding steroid dienone is 4. The largest absolute Gasteiger partial charge is 0.461 e. The molecule has 1 saturated heterocycles. The molecule has 3 unspecified atom stereocenters. The van der Waals surface area contributed by atoms with E-state index in [9.17, 15) is 29.1 Å². The molecule has 12 atom stereocenters.